The van der Waals surface area contributed by atoms with Crippen LogP contribution in [0.4, 0.5) is 4.79 Å². The highest BCUT2D eigenvalue weighted by atomic mass is 32.2. The first-order chi connectivity index (χ1) is 7.85. The number of ether oxygens (including phenoxy) is 1. The van der Waals surface area contributed by atoms with Crippen LogP contribution in [-0.2, 0) is 20.2 Å². The molecule has 6 heteroatoms. The summed E-state index contributed by atoms with van der Waals surface area (Å²) in [6.45, 7) is 7.75. The number of amides is 1. The molecule has 1 saturated heterocycles. The number of carbonyl (C=O) groups excluding carboxylic acids is 1. The molecule has 1 unspecified atom stereocenters. The van der Waals surface area contributed by atoms with Crippen LogP contribution >= 0.6 is 0 Å². The van der Waals surface area contributed by atoms with Gasteiger partial charge in [-0.3, -0.25) is 4.18 Å². The van der Waals surface area contributed by atoms with Gasteiger partial charge in [0.15, 0.2) is 0 Å². The third kappa shape index (κ3) is 4.27. The molecule has 0 aromatic carbocycles. The lowest BCUT2D eigenvalue weighted by molar-refractivity contribution is 0.0357. The molecule has 1 amide bonds. The molecule has 0 spiro atoms. The summed E-state index contributed by atoms with van der Waals surface area (Å²) in [5.74, 6) is 0. The third-order valence-electron chi connectivity index (χ3n) is 2.32. The highest BCUT2D eigenvalue weighted by molar-refractivity contribution is 7.78. The quantitative estimate of drug-likeness (QED) is 0.784. The first-order valence-electron chi connectivity index (χ1n) is 5.92. The van der Waals surface area contributed by atoms with E-state index in [2.05, 4.69) is 6.92 Å². The minimum Gasteiger partial charge on any atom is -0.443 e. The van der Waals surface area contributed by atoms with Crippen LogP contribution < -0.4 is 0 Å². The summed E-state index contributed by atoms with van der Waals surface area (Å²) in [6, 6.07) is -0.134. The Morgan fingerprint density at radius 3 is 2.71 bits per heavy atom. The van der Waals surface area contributed by atoms with E-state index in [1.165, 1.54) is 4.31 Å². The first-order valence-corrected chi connectivity index (χ1v) is 6.95. The summed E-state index contributed by atoms with van der Waals surface area (Å²) in [5, 5.41) is 0. The molecule has 0 radical (unpaired) electrons. The molecule has 0 aliphatic carbocycles. The van der Waals surface area contributed by atoms with E-state index in [9.17, 15) is 9.00 Å². The van der Waals surface area contributed by atoms with Crippen molar-refractivity contribution in [3.8, 4) is 0 Å². The maximum atomic E-state index is 11.9. The van der Waals surface area contributed by atoms with Crippen molar-refractivity contribution >= 4 is 17.4 Å². The minimum atomic E-state index is -1.70. The zero-order valence-corrected chi connectivity index (χ0v) is 11.7. The highest BCUT2D eigenvalue weighted by Crippen LogP contribution is 2.22. The van der Waals surface area contributed by atoms with E-state index < -0.39 is 23.0 Å². The van der Waals surface area contributed by atoms with Gasteiger partial charge in [0.2, 0.25) is 0 Å². The van der Waals surface area contributed by atoms with Gasteiger partial charge < -0.3 is 4.74 Å². The molecule has 5 nitrogen and oxygen atoms in total. The van der Waals surface area contributed by atoms with Gasteiger partial charge in [-0.25, -0.2) is 9.00 Å². The summed E-state index contributed by atoms with van der Waals surface area (Å²) < 4.78 is 23.0. The topological polar surface area (TPSA) is 55.8 Å². The fraction of sp³-hybridized carbons (Fsp3) is 0.909. The van der Waals surface area contributed by atoms with Crippen LogP contribution in [0, 0.1) is 0 Å². The van der Waals surface area contributed by atoms with Gasteiger partial charge in [0, 0.05) is 0 Å². The van der Waals surface area contributed by atoms with E-state index in [0.717, 1.165) is 19.3 Å². The predicted octanol–water partition coefficient (Wildman–Crippen LogP) is 2.39. The van der Waals surface area contributed by atoms with E-state index >= 15 is 0 Å². The van der Waals surface area contributed by atoms with Gasteiger partial charge in [-0.15, -0.1) is 0 Å². The molecular formula is C11H21NO4S. The maximum absolute atomic E-state index is 11.9. The Kier molecular flexibility index (Phi) is 4.94. The monoisotopic (exact) mass is 263 g/mol. The molecule has 0 N–H and O–H groups in total. The van der Waals surface area contributed by atoms with Gasteiger partial charge in [-0.1, -0.05) is 19.8 Å². The highest BCUT2D eigenvalue weighted by Gasteiger charge is 2.38. The lowest BCUT2D eigenvalue weighted by Gasteiger charge is -2.25. The molecule has 1 aliphatic rings. The molecule has 100 valence electrons. The Morgan fingerprint density at radius 2 is 2.18 bits per heavy atom. The SMILES string of the molecule is CCCC[C@@H]1COS(=O)N1C(=O)OC(C)(C)C. The van der Waals surface area contributed by atoms with Crippen LogP contribution in [0.5, 0.6) is 0 Å². The second kappa shape index (κ2) is 5.82. The van der Waals surface area contributed by atoms with E-state index in [4.69, 9.17) is 8.92 Å². The maximum Gasteiger partial charge on any atom is 0.424 e. The first kappa shape index (κ1) is 14.4. The molecule has 0 bridgehead atoms. The molecule has 1 fully saturated rings. The summed E-state index contributed by atoms with van der Waals surface area (Å²) in [5.41, 5.74) is -0.584. The Morgan fingerprint density at radius 1 is 1.53 bits per heavy atom. The van der Waals surface area contributed by atoms with Gasteiger partial charge in [0.05, 0.1) is 12.6 Å². The van der Waals surface area contributed by atoms with Gasteiger partial charge >= 0.3 is 6.09 Å². The Hall–Kier alpha value is -0.620. The van der Waals surface area contributed by atoms with Crippen molar-refractivity contribution in [3.63, 3.8) is 0 Å². The average Bonchev–Trinajstić information content (AvgIpc) is 2.54. The van der Waals surface area contributed by atoms with Crippen LogP contribution in [0.1, 0.15) is 47.0 Å². The standard InChI is InChI=1S/C11H21NO4S/c1-5-6-7-9-8-15-17(14)12(9)10(13)16-11(2,3)4/h9H,5-8H2,1-4H3/t9-,17?/m1/s1. The normalized spacial score (nSPS) is 25.1. The number of hydrogen-bond donors (Lipinski definition) is 0. The average molecular weight is 263 g/mol. The summed E-state index contributed by atoms with van der Waals surface area (Å²) in [7, 11) is 0. The van der Waals surface area contributed by atoms with Crippen LogP contribution in [-0.4, -0.2) is 32.9 Å². The van der Waals surface area contributed by atoms with Crippen molar-refractivity contribution in [3.05, 3.63) is 0 Å². The van der Waals surface area contributed by atoms with Crippen molar-refractivity contribution < 1.29 is 17.9 Å². The van der Waals surface area contributed by atoms with E-state index in [1.54, 1.807) is 20.8 Å². The molecule has 2 atom stereocenters. The number of rotatable bonds is 3. The Balaban J connectivity index is 2.64. The predicted molar refractivity (Wildman–Crippen MR) is 65.5 cm³/mol. The van der Waals surface area contributed by atoms with Gasteiger partial charge in [-0.05, 0) is 27.2 Å². The van der Waals surface area contributed by atoms with Crippen LogP contribution in [0.15, 0.2) is 0 Å². The van der Waals surface area contributed by atoms with Gasteiger partial charge in [0.1, 0.15) is 5.60 Å². The molecule has 0 saturated carbocycles. The largest absolute Gasteiger partial charge is 0.443 e. The lowest BCUT2D eigenvalue weighted by Crippen LogP contribution is -2.40. The van der Waals surface area contributed by atoms with Crippen molar-refractivity contribution in [2.75, 3.05) is 6.61 Å². The van der Waals surface area contributed by atoms with Gasteiger partial charge in [-0.2, -0.15) is 4.31 Å². The van der Waals surface area contributed by atoms with Gasteiger partial charge in [0.25, 0.3) is 11.3 Å². The van der Waals surface area contributed by atoms with Crippen molar-refractivity contribution in [1.82, 2.24) is 4.31 Å². The number of unbranched alkanes of at least 4 members (excludes halogenated alkanes) is 1. The van der Waals surface area contributed by atoms with E-state index in [0.29, 0.717) is 6.61 Å². The van der Waals surface area contributed by atoms with Crippen LogP contribution in [0.2, 0.25) is 0 Å². The lowest BCUT2D eigenvalue weighted by atomic mass is 10.1. The van der Waals surface area contributed by atoms with Crippen molar-refractivity contribution in [1.29, 1.82) is 0 Å². The summed E-state index contributed by atoms with van der Waals surface area (Å²) >= 11 is -1.70. The summed E-state index contributed by atoms with van der Waals surface area (Å²) in [4.78, 5) is 11.9. The van der Waals surface area contributed by atoms with E-state index in [1.807, 2.05) is 0 Å². The summed E-state index contributed by atoms with van der Waals surface area (Å²) in [6.07, 6.45) is 2.24. The van der Waals surface area contributed by atoms with Crippen LogP contribution in [0.3, 0.4) is 0 Å². The zero-order valence-electron chi connectivity index (χ0n) is 10.9. The van der Waals surface area contributed by atoms with E-state index in [-0.39, 0.29) is 6.04 Å². The number of carbonyl (C=O) groups is 1. The fourth-order valence-corrected chi connectivity index (χ4v) is 2.50. The Labute approximate surface area is 105 Å². The smallest absolute Gasteiger partial charge is 0.424 e. The number of nitrogens with zero attached hydrogens (tertiary/aromatic N) is 1. The molecule has 0 aromatic rings. The second-order valence-electron chi connectivity index (χ2n) is 5.10. The van der Waals surface area contributed by atoms with Crippen molar-refractivity contribution in [2.45, 2.75) is 58.6 Å². The second-order valence-corrected chi connectivity index (χ2v) is 6.17. The molecule has 0 aromatic heterocycles. The fourth-order valence-electron chi connectivity index (χ4n) is 1.54. The molecule has 1 aliphatic heterocycles. The molecule has 1 rings (SSSR count). The number of hydrogen-bond acceptors (Lipinski definition) is 4. The third-order valence-corrected chi connectivity index (χ3v) is 3.42. The minimum absolute atomic E-state index is 0.134. The molecule has 1 heterocycles. The zero-order chi connectivity index (χ0) is 13.1. The Bertz CT molecular complexity index is 300. The van der Waals surface area contributed by atoms with Crippen LogP contribution in [0.25, 0.3) is 0 Å². The molecular weight excluding hydrogens is 242 g/mol. The molecule has 17 heavy (non-hydrogen) atoms. The van der Waals surface area contributed by atoms with Crippen molar-refractivity contribution in [2.24, 2.45) is 0 Å².